The van der Waals surface area contributed by atoms with Gasteiger partial charge >= 0.3 is 0 Å². The van der Waals surface area contributed by atoms with Crippen LogP contribution in [-0.2, 0) is 21.3 Å². The summed E-state index contributed by atoms with van der Waals surface area (Å²) in [5.41, 5.74) is 1.52. The molecule has 2 saturated heterocycles. The number of piperidine rings is 1. The van der Waals surface area contributed by atoms with Crippen LogP contribution >= 0.6 is 0 Å². The quantitative estimate of drug-likeness (QED) is 0.842. The number of ether oxygens (including phenoxy) is 3. The maximum Gasteiger partial charge on any atom is 0.169 e. The lowest BCUT2D eigenvalue weighted by molar-refractivity contribution is -0.257. The molecule has 1 spiro atoms. The summed E-state index contributed by atoms with van der Waals surface area (Å²) in [5.74, 6) is 0.338. The molecule has 25 heavy (non-hydrogen) atoms. The molecule has 0 radical (unpaired) electrons. The van der Waals surface area contributed by atoms with E-state index in [0.29, 0.717) is 13.2 Å². The highest BCUT2D eigenvalue weighted by Crippen LogP contribution is 2.61. The van der Waals surface area contributed by atoms with Crippen LogP contribution in [0, 0.1) is 0 Å². The first-order valence-electron chi connectivity index (χ1n) is 9.40. The number of methoxy groups -OCH3 is 1. The van der Waals surface area contributed by atoms with Crippen LogP contribution in [0.15, 0.2) is 18.2 Å². The van der Waals surface area contributed by atoms with Crippen LogP contribution < -0.4 is 4.74 Å². The van der Waals surface area contributed by atoms with Crippen molar-refractivity contribution in [2.75, 3.05) is 33.9 Å². The summed E-state index contributed by atoms with van der Waals surface area (Å²) in [4.78, 5) is 2.35. The number of hydrogen-bond donors (Lipinski definition) is 1. The highest BCUT2D eigenvalue weighted by Gasteiger charge is 2.67. The van der Waals surface area contributed by atoms with Gasteiger partial charge in [0.2, 0.25) is 0 Å². The molecule has 1 aromatic carbocycles. The molecule has 2 bridgehead atoms. The van der Waals surface area contributed by atoms with Crippen LogP contribution in [0.3, 0.4) is 0 Å². The smallest absolute Gasteiger partial charge is 0.169 e. The van der Waals surface area contributed by atoms with Gasteiger partial charge in [-0.1, -0.05) is 6.07 Å². The van der Waals surface area contributed by atoms with Crippen molar-refractivity contribution in [1.82, 2.24) is 4.90 Å². The van der Waals surface area contributed by atoms with Gasteiger partial charge in [-0.15, -0.1) is 0 Å². The van der Waals surface area contributed by atoms with Crippen molar-refractivity contribution in [1.29, 1.82) is 0 Å². The Labute approximate surface area is 148 Å². The molecule has 0 aromatic heterocycles. The number of aliphatic hydroxyl groups is 1. The molecule has 2 aliphatic heterocycles. The molecule has 1 aromatic rings. The fourth-order valence-corrected chi connectivity index (χ4v) is 6.05. The highest BCUT2D eigenvalue weighted by molar-refractivity contribution is 5.48. The summed E-state index contributed by atoms with van der Waals surface area (Å²) >= 11 is 0. The first kappa shape index (κ1) is 16.1. The standard InChI is InChI=1S/C20H27NO4/c1-21-8-7-18-13-19(24-9-10-25-19)5-6-20(18,22)17(21)11-14-3-4-15(23-2)12-16(14)18/h3-4,12,17,22H,5-11,13H2,1-2H3/t17-,18-,20-/m1/s1. The molecule has 4 aliphatic rings. The van der Waals surface area contributed by atoms with E-state index in [1.54, 1.807) is 7.11 Å². The predicted octanol–water partition coefficient (Wildman–Crippen LogP) is 1.85. The third-order valence-electron chi connectivity index (χ3n) is 7.32. The first-order chi connectivity index (χ1) is 12.0. The Morgan fingerprint density at radius 1 is 1.20 bits per heavy atom. The van der Waals surface area contributed by atoms with Crippen molar-refractivity contribution in [2.24, 2.45) is 0 Å². The molecule has 3 atom stereocenters. The van der Waals surface area contributed by atoms with Crippen molar-refractivity contribution in [3.63, 3.8) is 0 Å². The zero-order chi connectivity index (χ0) is 17.3. The molecule has 1 N–H and O–H groups in total. The molecule has 0 amide bonds. The second-order valence-electron chi connectivity index (χ2n) is 8.26. The summed E-state index contributed by atoms with van der Waals surface area (Å²) in [6, 6.07) is 6.52. The third-order valence-corrected chi connectivity index (χ3v) is 7.32. The van der Waals surface area contributed by atoms with Crippen molar-refractivity contribution < 1.29 is 19.3 Å². The van der Waals surface area contributed by atoms with Gasteiger partial charge in [-0.2, -0.15) is 0 Å². The van der Waals surface area contributed by atoms with Gasteiger partial charge in [0.05, 0.1) is 25.9 Å². The lowest BCUT2D eigenvalue weighted by Crippen LogP contribution is -2.74. The predicted molar refractivity (Wildman–Crippen MR) is 92.8 cm³/mol. The fraction of sp³-hybridized carbons (Fsp3) is 0.700. The molecule has 5 rings (SSSR count). The molecule has 3 fully saturated rings. The summed E-state index contributed by atoms with van der Waals surface area (Å²) in [6.07, 6.45) is 4.04. The first-order valence-corrected chi connectivity index (χ1v) is 9.40. The summed E-state index contributed by atoms with van der Waals surface area (Å²) < 4.78 is 17.7. The normalized spacial score (nSPS) is 39.1. The maximum absolute atomic E-state index is 12.0. The van der Waals surface area contributed by atoms with E-state index in [9.17, 15) is 5.11 Å². The number of rotatable bonds is 1. The van der Waals surface area contributed by atoms with Crippen molar-refractivity contribution in [2.45, 2.75) is 54.9 Å². The molecule has 1 saturated carbocycles. The molecule has 2 heterocycles. The monoisotopic (exact) mass is 345 g/mol. The molecule has 0 unspecified atom stereocenters. The fourth-order valence-electron chi connectivity index (χ4n) is 6.05. The molecular weight excluding hydrogens is 318 g/mol. The topological polar surface area (TPSA) is 51.2 Å². The minimum atomic E-state index is -0.736. The molecular formula is C20H27NO4. The molecule has 2 aliphatic carbocycles. The maximum atomic E-state index is 12.0. The van der Waals surface area contributed by atoms with Gasteiger partial charge < -0.3 is 24.2 Å². The van der Waals surface area contributed by atoms with E-state index in [2.05, 4.69) is 24.1 Å². The minimum absolute atomic E-state index is 0.154. The Bertz CT molecular complexity index is 701. The second kappa shape index (κ2) is 5.19. The third kappa shape index (κ3) is 1.98. The van der Waals surface area contributed by atoms with E-state index in [4.69, 9.17) is 14.2 Å². The van der Waals surface area contributed by atoms with Gasteiger partial charge in [0.15, 0.2) is 5.79 Å². The average molecular weight is 345 g/mol. The van der Waals surface area contributed by atoms with Gasteiger partial charge in [0.1, 0.15) is 5.75 Å². The Hall–Kier alpha value is -1.14. The van der Waals surface area contributed by atoms with Crippen LogP contribution in [0.25, 0.3) is 0 Å². The van der Waals surface area contributed by atoms with Crippen LogP contribution in [0.4, 0.5) is 0 Å². The minimum Gasteiger partial charge on any atom is -0.497 e. The van der Waals surface area contributed by atoms with Gasteiger partial charge in [0, 0.05) is 24.3 Å². The van der Waals surface area contributed by atoms with Crippen molar-refractivity contribution in [3.8, 4) is 5.75 Å². The largest absolute Gasteiger partial charge is 0.497 e. The zero-order valence-corrected chi connectivity index (χ0v) is 15.1. The van der Waals surface area contributed by atoms with E-state index in [1.807, 2.05) is 6.07 Å². The highest BCUT2D eigenvalue weighted by atomic mass is 16.7. The van der Waals surface area contributed by atoms with E-state index in [-0.39, 0.29) is 11.5 Å². The van der Waals surface area contributed by atoms with Crippen molar-refractivity contribution >= 4 is 0 Å². The number of nitrogens with zero attached hydrogens (tertiary/aromatic N) is 1. The number of benzene rings is 1. The van der Waals surface area contributed by atoms with Crippen molar-refractivity contribution in [3.05, 3.63) is 29.3 Å². The average Bonchev–Trinajstić information content (AvgIpc) is 3.07. The molecule has 136 valence electrons. The summed E-state index contributed by atoms with van der Waals surface area (Å²) in [7, 11) is 3.85. The SMILES string of the molecule is COc1ccc2c(c1)[C@]13CCN(C)[C@H](C2)[C@]1(O)CCC1(C3)OCCO1. The van der Waals surface area contributed by atoms with Gasteiger partial charge in [-0.05, 0) is 56.1 Å². The number of hydrogen-bond acceptors (Lipinski definition) is 5. The number of likely N-dealkylation sites (tertiary alicyclic amines) is 1. The molecule has 5 nitrogen and oxygen atoms in total. The Kier molecular flexibility index (Phi) is 3.34. The van der Waals surface area contributed by atoms with E-state index >= 15 is 0 Å². The van der Waals surface area contributed by atoms with Crippen LogP contribution in [0.5, 0.6) is 5.75 Å². The van der Waals surface area contributed by atoms with Crippen LogP contribution in [0.1, 0.15) is 36.8 Å². The zero-order valence-electron chi connectivity index (χ0n) is 15.1. The Morgan fingerprint density at radius 3 is 2.76 bits per heavy atom. The molecule has 5 heteroatoms. The van der Waals surface area contributed by atoms with Gasteiger partial charge in [0.25, 0.3) is 0 Å². The van der Waals surface area contributed by atoms with E-state index in [0.717, 1.165) is 44.4 Å². The summed E-state index contributed by atoms with van der Waals surface area (Å²) in [5, 5.41) is 12.0. The van der Waals surface area contributed by atoms with E-state index in [1.165, 1.54) is 11.1 Å². The summed E-state index contributed by atoms with van der Waals surface area (Å²) in [6.45, 7) is 2.30. The number of likely N-dealkylation sites (N-methyl/N-ethyl adjacent to an activating group) is 1. The van der Waals surface area contributed by atoms with E-state index < -0.39 is 11.4 Å². The van der Waals surface area contributed by atoms with Gasteiger partial charge in [-0.25, -0.2) is 0 Å². The Balaban J connectivity index is 1.70. The second-order valence-corrected chi connectivity index (χ2v) is 8.26. The van der Waals surface area contributed by atoms with Crippen LogP contribution in [0.2, 0.25) is 0 Å². The van der Waals surface area contributed by atoms with Crippen LogP contribution in [-0.4, -0.2) is 61.4 Å². The number of fused-ring (bicyclic) bond motifs is 1. The Morgan fingerprint density at radius 2 is 2.00 bits per heavy atom. The lowest BCUT2D eigenvalue weighted by Gasteiger charge is -2.65. The van der Waals surface area contributed by atoms with Gasteiger partial charge in [-0.3, -0.25) is 0 Å². The lowest BCUT2D eigenvalue weighted by atomic mass is 9.48.